The molecular formula is C12H8Cl3F17O3Si. The fourth-order valence-corrected chi connectivity index (χ4v) is 3.45. The van der Waals surface area contributed by atoms with E-state index in [1.165, 1.54) is 4.74 Å². The Morgan fingerprint density at radius 3 is 1.33 bits per heavy atom. The molecular weight excluding hydrogens is 650 g/mol. The molecule has 2 unspecified atom stereocenters. The van der Waals surface area contributed by atoms with Crippen molar-refractivity contribution in [3.63, 3.8) is 0 Å². The Morgan fingerprint density at radius 2 is 1.00 bits per heavy atom. The van der Waals surface area contributed by atoms with Gasteiger partial charge in [0.25, 0.3) is 0 Å². The molecule has 0 aliphatic carbocycles. The van der Waals surface area contributed by atoms with Gasteiger partial charge in [0, 0.05) is 6.61 Å². The smallest absolute Gasteiger partial charge is 0.375 e. The first-order chi connectivity index (χ1) is 15.4. The molecule has 0 aromatic carbocycles. The van der Waals surface area contributed by atoms with E-state index in [1.807, 2.05) is 0 Å². The molecule has 0 radical (unpaired) electrons. The minimum Gasteiger partial charge on any atom is -0.375 e. The minimum absolute atomic E-state index is 0.419. The maximum atomic E-state index is 14.1. The van der Waals surface area contributed by atoms with E-state index in [0.29, 0.717) is 0 Å². The summed E-state index contributed by atoms with van der Waals surface area (Å²) < 4.78 is 228. The van der Waals surface area contributed by atoms with Crippen molar-refractivity contribution < 1.29 is 88.8 Å². The topological polar surface area (TPSA) is 27.7 Å². The summed E-state index contributed by atoms with van der Waals surface area (Å²) in [7, 11) is 0. The number of ether oxygens (including phenoxy) is 3. The Bertz CT molecular complexity index is 738. The van der Waals surface area contributed by atoms with Crippen molar-refractivity contribution in [2.75, 3.05) is 13.2 Å². The van der Waals surface area contributed by atoms with E-state index < -0.39 is 80.1 Å². The fourth-order valence-electron chi connectivity index (χ4n) is 1.70. The Kier molecular flexibility index (Phi) is 10.7. The summed E-state index contributed by atoms with van der Waals surface area (Å²) in [6, 6.07) is -3.88. The van der Waals surface area contributed by atoms with Crippen molar-refractivity contribution in [1.29, 1.82) is 0 Å². The molecule has 0 spiro atoms. The van der Waals surface area contributed by atoms with Gasteiger partial charge in [-0.3, -0.25) is 9.47 Å². The summed E-state index contributed by atoms with van der Waals surface area (Å²) in [6.07, 6.45) is -38.4. The summed E-state index contributed by atoms with van der Waals surface area (Å²) in [5, 5.41) is 0. The summed E-state index contributed by atoms with van der Waals surface area (Å²) in [6.45, 7) is -3.99. The van der Waals surface area contributed by atoms with Crippen molar-refractivity contribution in [3.05, 3.63) is 0 Å². The number of hydrogen-bond donors (Lipinski definition) is 0. The van der Waals surface area contributed by atoms with Crippen LogP contribution >= 0.6 is 33.2 Å². The van der Waals surface area contributed by atoms with E-state index in [9.17, 15) is 74.6 Å². The van der Waals surface area contributed by atoms with Crippen molar-refractivity contribution in [1.82, 2.24) is 0 Å². The van der Waals surface area contributed by atoms with Crippen molar-refractivity contribution >= 4 is 39.2 Å². The zero-order chi connectivity index (χ0) is 29.4. The van der Waals surface area contributed by atoms with Gasteiger partial charge in [-0.1, -0.05) is 0 Å². The summed E-state index contributed by atoms with van der Waals surface area (Å²) in [4.78, 5) is 0. The van der Waals surface area contributed by atoms with E-state index >= 15 is 0 Å². The molecule has 0 saturated carbocycles. The van der Waals surface area contributed by atoms with Gasteiger partial charge < -0.3 is 4.74 Å². The van der Waals surface area contributed by atoms with Crippen LogP contribution in [0.2, 0.25) is 6.04 Å². The lowest BCUT2D eigenvalue weighted by Gasteiger charge is -2.40. The number of rotatable bonds is 12. The standard InChI is InChI=1S/C12H8Cl3F17O3Si/c13-36(14,15)3-1-2-33-4-5(16,8(20,21)22)34-12(31,32)7(19,10(26,27)28)35-11(29,30)6(17,18)9(23,24)25/h1-4H2. The fraction of sp³-hybridized carbons (Fsp3) is 1.00. The molecule has 0 rings (SSSR count). The molecule has 0 aliphatic heterocycles. The molecule has 0 fully saturated rings. The van der Waals surface area contributed by atoms with Gasteiger partial charge in [0.2, 0.25) is 0 Å². The molecule has 0 bridgehead atoms. The molecule has 0 amide bonds. The molecule has 0 aromatic heterocycles. The average Bonchev–Trinajstić information content (AvgIpc) is 2.56. The van der Waals surface area contributed by atoms with E-state index in [-0.39, 0.29) is 0 Å². The summed E-state index contributed by atoms with van der Waals surface area (Å²) in [5.74, 6) is -22.0. The quantitative estimate of drug-likeness (QED) is 0.0924. The molecule has 218 valence electrons. The Hall–Kier alpha value is -0.223. The van der Waals surface area contributed by atoms with Crippen LogP contribution in [-0.2, 0) is 14.2 Å². The van der Waals surface area contributed by atoms with Gasteiger partial charge >= 0.3 is 54.4 Å². The van der Waals surface area contributed by atoms with Gasteiger partial charge in [0.1, 0.15) is 6.61 Å². The molecule has 0 saturated heterocycles. The number of hydrogen-bond acceptors (Lipinski definition) is 3. The second kappa shape index (κ2) is 10.7. The molecule has 3 nitrogen and oxygen atoms in total. The van der Waals surface area contributed by atoms with Gasteiger partial charge in [0.15, 0.2) is 0 Å². The average molecular weight is 658 g/mol. The zero-order valence-electron chi connectivity index (χ0n) is 16.1. The number of halogens is 20. The highest BCUT2D eigenvalue weighted by atomic mass is 35.8. The molecule has 2 atom stereocenters. The Labute approximate surface area is 202 Å². The van der Waals surface area contributed by atoms with E-state index in [0.717, 1.165) is 0 Å². The predicted molar refractivity (Wildman–Crippen MR) is 86.4 cm³/mol. The van der Waals surface area contributed by atoms with Crippen molar-refractivity contribution in [3.8, 4) is 0 Å². The molecule has 0 heterocycles. The maximum absolute atomic E-state index is 14.1. The predicted octanol–water partition coefficient (Wildman–Crippen LogP) is 7.92. The van der Waals surface area contributed by atoms with E-state index in [4.69, 9.17) is 33.2 Å². The lowest BCUT2D eigenvalue weighted by molar-refractivity contribution is -0.553. The summed E-state index contributed by atoms with van der Waals surface area (Å²) in [5.41, 5.74) is 0. The lowest BCUT2D eigenvalue weighted by atomic mass is 10.2. The third kappa shape index (κ3) is 8.14. The van der Waals surface area contributed by atoms with Crippen LogP contribution in [0.4, 0.5) is 74.6 Å². The molecule has 36 heavy (non-hydrogen) atoms. The van der Waals surface area contributed by atoms with Crippen LogP contribution in [0.15, 0.2) is 0 Å². The molecule has 0 aromatic rings. The second-order valence-electron chi connectivity index (χ2n) is 6.40. The van der Waals surface area contributed by atoms with E-state index in [1.54, 1.807) is 0 Å². The van der Waals surface area contributed by atoms with Crippen LogP contribution in [0.1, 0.15) is 6.42 Å². The number of alkyl halides is 17. The van der Waals surface area contributed by atoms with Gasteiger partial charge in [-0.2, -0.15) is 74.6 Å². The van der Waals surface area contributed by atoms with Crippen LogP contribution in [0.3, 0.4) is 0 Å². The highest BCUT2D eigenvalue weighted by molar-refractivity contribution is 7.64. The third-order valence-corrected chi connectivity index (χ3v) is 6.10. The molecule has 0 N–H and O–H groups in total. The SMILES string of the molecule is FC(F)(F)C(F)(COCCC[Si](Cl)(Cl)Cl)OC(F)(F)C(F)(OC(F)(F)C(F)(F)C(F)(F)F)C(F)(F)F. The van der Waals surface area contributed by atoms with Crippen LogP contribution in [-0.4, -0.2) is 67.6 Å². The Balaban J connectivity index is 6.24. The van der Waals surface area contributed by atoms with Crippen molar-refractivity contribution in [2.24, 2.45) is 0 Å². The van der Waals surface area contributed by atoms with Crippen LogP contribution in [0.5, 0.6) is 0 Å². The minimum atomic E-state index is -7.93. The van der Waals surface area contributed by atoms with Gasteiger partial charge in [-0.15, -0.1) is 33.2 Å². The zero-order valence-corrected chi connectivity index (χ0v) is 19.4. The molecule has 24 heteroatoms. The van der Waals surface area contributed by atoms with Crippen LogP contribution in [0.25, 0.3) is 0 Å². The first kappa shape index (κ1) is 35.8. The second-order valence-corrected chi connectivity index (χ2v) is 15.7. The summed E-state index contributed by atoms with van der Waals surface area (Å²) >= 11 is 16.1. The highest BCUT2D eigenvalue weighted by Gasteiger charge is 2.85. The van der Waals surface area contributed by atoms with Crippen LogP contribution < -0.4 is 0 Å². The van der Waals surface area contributed by atoms with Gasteiger partial charge in [-0.25, -0.2) is 0 Å². The van der Waals surface area contributed by atoms with Gasteiger partial charge in [-0.05, 0) is 12.5 Å². The first-order valence-corrected chi connectivity index (χ1v) is 13.4. The Morgan fingerprint density at radius 1 is 0.556 bits per heavy atom. The van der Waals surface area contributed by atoms with Crippen molar-refractivity contribution in [2.45, 2.75) is 60.8 Å². The first-order valence-electron chi connectivity index (χ1n) is 8.13. The van der Waals surface area contributed by atoms with Gasteiger partial charge in [0.05, 0.1) is 0 Å². The molecule has 0 aliphatic rings. The van der Waals surface area contributed by atoms with E-state index in [2.05, 4.69) is 9.47 Å². The van der Waals surface area contributed by atoms with Crippen LogP contribution in [0, 0.1) is 0 Å². The maximum Gasteiger partial charge on any atom is 0.462 e. The largest absolute Gasteiger partial charge is 0.462 e. The highest BCUT2D eigenvalue weighted by Crippen LogP contribution is 2.56. The lowest BCUT2D eigenvalue weighted by Crippen LogP contribution is -2.67. The third-order valence-electron chi connectivity index (χ3n) is 3.48. The normalized spacial score (nSPS) is 18.7. The monoisotopic (exact) mass is 656 g/mol.